The summed E-state index contributed by atoms with van der Waals surface area (Å²) in [5.74, 6) is -0.684. The second kappa shape index (κ2) is 4.76. The Hall–Kier alpha value is -2.14. The number of methoxy groups -OCH3 is 1. The van der Waals surface area contributed by atoms with Gasteiger partial charge in [-0.15, -0.1) is 0 Å². The Bertz CT molecular complexity index is 845. The molecule has 3 rings (SSSR count). The first kappa shape index (κ1) is 12.9. The minimum Gasteiger partial charge on any atom is -0.545 e. The number of fused-ring (bicyclic) bond motifs is 3. The summed E-state index contributed by atoms with van der Waals surface area (Å²) in [5.41, 5.74) is 0.145. The first-order valence-corrected chi connectivity index (χ1v) is 6.67. The molecule has 5 heteroatoms. The average molecular weight is 331 g/mol. The number of nitrogens with zero attached hydrogens (tertiary/aromatic N) is 1. The van der Waals surface area contributed by atoms with Gasteiger partial charge in [0.1, 0.15) is 0 Å². The molecule has 1 heterocycles. The van der Waals surface area contributed by atoms with Crippen LogP contribution in [0.15, 0.2) is 41.0 Å². The molecule has 3 aromatic rings. The first-order valence-electron chi connectivity index (χ1n) is 5.88. The molecule has 4 nitrogen and oxygen atoms in total. The number of hydrogen-bond donors (Lipinski definition) is 0. The predicted octanol–water partition coefficient (Wildman–Crippen LogP) is 2.52. The third-order valence-electron chi connectivity index (χ3n) is 3.21. The van der Waals surface area contributed by atoms with E-state index in [1.165, 1.54) is 6.07 Å². The molecular weight excluding hydrogens is 322 g/mol. The van der Waals surface area contributed by atoms with E-state index in [1.54, 1.807) is 25.4 Å². The third kappa shape index (κ3) is 1.91. The zero-order valence-electron chi connectivity index (χ0n) is 10.5. The van der Waals surface area contributed by atoms with Crippen LogP contribution in [0.2, 0.25) is 0 Å². The maximum Gasteiger partial charge on any atom is 0.221 e. The van der Waals surface area contributed by atoms with Crippen LogP contribution in [0.4, 0.5) is 0 Å². The van der Waals surface area contributed by atoms with Crippen LogP contribution in [-0.4, -0.2) is 18.1 Å². The lowest BCUT2D eigenvalue weighted by Crippen LogP contribution is -2.21. The number of carbonyl (C=O) groups is 1. The van der Waals surface area contributed by atoms with E-state index in [9.17, 15) is 9.90 Å². The van der Waals surface area contributed by atoms with Crippen molar-refractivity contribution in [3.8, 4) is 5.88 Å². The standard InChI is InChI=1S/C15H10BrNO3/c1-20-14-13-10-3-2-8(15(18)19)6-9(10)7-12(16)11(13)4-5-17-14/h2-7H,1H3,(H,18,19)/p-1. The summed E-state index contributed by atoms with van der Waals surface area (Å²) >= 11 is 3.50. The van der Waals surface area contributed by atoms with Crippen LogP contribution in [0.5, 0.6) is 5.88 Å². The molecule has 0 unspecified atom stereocenters. The van der Waals surface area contributed by atoms with E-state index in [-0.39, 0.29) is 5.56 Å². The Morgan fingerprint density at radius 1 is 1.25 bits per heavy atom. The van der Waals surface area contributed by atoms with Crippen molar-refractivity contribution in [1.82, 2.24) is 4.98 Å². The highest BCUT2D eigenvalue weighted by Gasteiger charge is 2.11. The number of rotatable bonds is 2. The number of aromatic carboxylic acids is 1. The molecule has 0 spiro atoms. The smallest absolute Gasteiger partial charge is 0.221 e. The second-order valence-electron chi connectivity index (χ2n) is 4.32. The van der Waals surface area contributed by atoms with Crippen molar-refractivity contribution in [3.63, 3.8) is 0 Å². The molecule has 0 aliphatic rings. The predicted molar refractivity (Wildman–Crippen MR) is 77.8 cm³/mol. The number of hydrogen-bond acceptors (Lipinski definition) is 4. The molecule has 0 atom stereocenters. The normalized spacial score (nSPS) is 10.9. The van der Waals surface area contributed by atoms with E-state index in [4.69, 9.17) is 4.74 Å². The summed E-state index contributed by atoms with van der Waals surface area (Å²) in [5, 5.41) is 14.4. The highest BCUT2D eigenvalue weighted by atomic mass is 79.9. The van der Waals surface area contributed by atoms with Crippen LogP contribution in [0.3, 0.4) is 0 Å². The number of halogens is 1. The number of carbonyl (C=O) groups excluding carboxylic acids is 1. The van der Waals surface area contributed by atoms with Gasteiger partial charge in [0.25, 0.3) is 0 Å². The van der Waals surface area contributed by atoms with Crippen LogP contribution >= 0.6 is 15.9 Å². The number of carboxylic acids is 1. The van der Waals surface area contributed by atoms with Gasteiger partial charge in [0, 0.05) is 16.1 Å². The lowest BCUT2D eigenvalue weighted by atomic mass is 10.0. The van der Waals surface area contributed by atoms with Crippen LogP contribution < -0.4 is 9.84 Å². The summed E-state index contributed by atoms with van der Waals surface area (Å²) in [6.07, 6.45) is 1.67. The molecule has 2 aromatic carbocycles. The molecule has 0 radical (unpaired) electrons. The highest BCUT2D eigenvalue weighted by molar-refractivity contribution is 9.10. The van der Waals surface area contributed by atoms with Gasteiger partial charge in [-0.2, -0.15) is 0 Å². The van der Waals surface area contributed by atoms with Crippen molar-refractivity contribution in [3.05, 3.63) is 46.6 Å². The molecule has 0 saturated heterocycles. The van der Waals surface area contributed by atoms with Crippen molar-refractivity contribution in [2.45, 2.75) is 0 Å². The summed E-state index contributed by atoms with van der Waals surface area (Å²) in [4.78, 5) is 15.2. The van der Waals surface area contributed by atoms with Gasteiger partial charge in [-0.1, -0.05) is 28.1 Å². The number of aromatic nitrogens is 1. The molecule has 0 saturated carbocycles. The molecule has 0 aliphatic carbocycles. The van der Waals surface area contributed by atoms with E-state index in [0.29, 0.717) is 5.88 Å². The zero-order valence-corrected chi connectivity index (χ0v) is 12.1. The van der Waals surface area contributed by atoms with E-state index in [2.05, 4.69) is 20.9 Å². The topological polar surface area (TPSA) is 62.2 Å². The number of carboxylic acid groups (broad SMARTS) is 1. The van der Waals surface area contributed by atoms with E-state index in [0.717, 1.165) is 26.0 Å². The average Bonchev–Trinajstić information content (AvgIpc) is 2.46. The molecule has 20 heavy (non-hydrogen) atoms. The fourth-order valence-electron chi connectivity index (χ4n) is 2.31. The Morgan fingerprint density at radius 3 is 2.75 bits per heavy atom. The van der Waals surface area contributed by atoms with Crippen LogP contribution in [0.1, 0.15) is 10.4 Å². The molecule has 0 amide bonds. The summed E-state index contributed by atoms with van der Waals surface area (Å²) in [6, 6.07) is 8.62. The van der Waals surface area contributed by atoms with Gasteiger partial charge < -0.3 is 14.6 Å². The Morgan fingerprint density at radius 2 is 2.05 bits per heavy atom. The maximum absolute atomic E-state index is 11.0. The van der Waals surface area contributed by atoms with Crippen LogP contribution in [0, 0.1) is 0 Å². The zero-order chi connectivity index (χ0) is 14.3. The molecule has 0 aliphatic heterocycles. The summed E-state index contributed by atoms with van der Waals surface area (Å²) in [7, 11) is 1.56. The van der Waals surface area contributed by atoms with Crippen molar-refractivity contribution in [2.75, 3.05) is 7.11 Å². The molecule has 100 valence electrons. The minimum atomic E-state index is -1.19. The molecule has 0 fully saturated rings. The van der Waals surface area contributed by atoms with E-state index >= 15 is 0 Å². The van der Waals surface area contributed by atoms with Gasteiger partial charge in [-0.3, -0.25) is 0 Å². The van der Waals surface area contributed by atoms with Gasteiger partial charge in [0.2, 0.25) is 5.88 Å². The molecule has 0 N–H and O–H groups in total. The fourth-order valence-corrected chi connectivity index (χ4v) is 2.88. The number of pyridine rings is 1. The van der Waals surface area contributed by atoms with Crippen LogP contribution in [0.25, 0.3) is 21.5 Å². The van der Waals surface area contributed by atoms with Gasteiger partial charge in [0.15, 0.2) is 0 Å². The summed E-state index contributed by atoms with van der Waals surface area (Å²) in [6.45, 7) is 0. The van der Waals surface area contributed by atoms with Gasteiger partial charge in [0.05, 0.1) is 18.5 Å². The quantitative estimate of drug-likeness (QED) is 0.677. The third-order valence-corrected chi connectivity index (χ3v) is 3.86. The van der Waals surface area contributed by atoms with Gasteiger partial charge in [-0.25, -0.2) is 4.98 Å². The molecule has 1 aromatic heterocycles. The Labute approximate surface area is 123 Å². The van der Waals surface area contributed by atoms with Crippen molar-refractivity contribution in [2.24, 2.45) is 0 Å². The van der Waals surface area contributed by atoms with E-state index in [1.807, 2.05) is 12.1 Å². The van der Waals surface area contributed by atoms with Crippen LogP contribution in [-0.2, 0) is 0 Å². The summed E-state index contributed by atoms with van der Waals surface area (Å²) < 4.78 is 6.17. The van der Waals surface area contributed by atoms with Gasteiger partial charge in [-0.05, 0) is 34.5 Å². The largest absolute Gasteiger partial charge is 0.545 e. The molecule has 0 bridgehead atoms. The number of ether oxygens (including phenoxy) is 1. The monoisotopic (exact) mass is 330 g/mol. The second-order valence-corrected chi connectivity index (χ2v) is 5.18. The lowest BCUT2D eigenvalue weighted by Gasteiger charge is -2.11. The Balaban J connectivity index is 2.49. The van der Waals surface area contributed by atoms with Gasteiger partial charge >= 0.3 is 0 Å². The SMILES string of the molecule is COc1nccc2c(Br)cc3cc(C(=O)[O-])ccc3c12. The fraction of sp³-hybridized carbons (Fsp3) is 0.0667. The Kier molecular flexibility index (Phi) is 3.06. The van der Waals surface area contributed by atoms with E-state index < -0.39 is 5.97 Å². The van der Waals surface area contributed by atoms with Crippen molar-refractivity contribution >= 4 is 43.4 Å². The minimum absolute atomic E-state index is 0.145. The van der Waals surface area contributed by atoms with Crippen molar-refractivity contribution in [1.29, 1.82) is 0 Å². The lowest BCUT2D eigenvalue weighted by molar-refractivity contribution is -0.255. The highest BCUT2D eigenvalue weighted by Crippen LogP contribution is 2.36. The van der Waals surface area contributed by atoms with Crippen molar-refractivity contribution < 1.29 is 14.6 Å². The number of benzene rings is 2. The maximum atomic E-state index is 11.0. The molecular formula is C15H9BrNO3-. The first-order chi connectivity index (χ1) is 9.61.